The van der Waals surface area contributed by atoms with Crippen molar-refractivity contribution in [1.29, 1.82) is 0 Å². The number of primary amides is 1. The molecule has 1 unspecified atom stereocenters. The summed E-state index contributed by atoms with van der Waals surface area (Å²) in [7, 11) is 0. The highest BCUT2D eigenvalue weighted by molar-refractivity contribution is 5.79. The lowest BCUT2D eigenvalue weighted by molar-refractivity contribution is -0.123. The molecule has 1 atom stereocenters. The lowest BCUT2D eigenvalue weighted by Crippen LogP contribution is -2.45. The minimum atomic E-state index is -0.175. The third-order valence-electron chi connectivity index (χ3n) is 2.50. The molecule has 1 amide bonds. The van der Waals surface area contributed by atoms with E-state index in [0.717, 1.165) is 13.0 Å². The summed E-state index contributed by atoms with van der Waals surface area (Å²) in [6, 6.07) is 0.593. The van der Waals surface area contributed by atoms with Gasteiger partial charge in [0.15, 0.2) is 0 Å². The van der Waals surface area contributed by atoms with E-state index in [1.54, 1.807) is 0 Å². The Morgan fingerprint density at radius 1 is 1.58 bits per heavy atom. The molecule has 1 aliphatic rings. The van der Waals surface area contributed by atoms with Gasteiger partial charge in [0, 0.05) is 6.04 Å². The summed E-state index contributed by atoms with van der Waals surface area (Å²) in [6.07, 6.45) is 3.30. The van der Waals surface area contributed by atoms with Gasteiger partial charge in [0.2, 0.25) is 5.91 Å². The number of nitrogens with two attached hydrogens (primary N) is 1. The van der Waals surface area contributed by atoms with Crippen LogP contribution in [0, 0.1) is 0 Å². The lowest BCUT2D eigenvalue weighted by Gasteiger charge is -2.27. The quantitative estimate of drug-likeness (QED) is 0.661. The average Bonchev–Trinajstić information content (AvgIpc) is 2.81. The maximum atomic E-state index is 11.0. The van der Waals surface area contributed by atoms with Crippen molar-refractivity contribution in [2.75, 3.05) is 6.54 Å². The molecule has 0 aromatic rings. The second kappa shape index (κ2) is 3.90. The molecule has 1 fully saturated rings. The predicted molar refractivity (Wildman–Crippen MR) is 48.7 cm³/mol. The van der Waals surface area contributed by atoms with E-state index < -0.39 is 0 Å². The summed E-state index contributed by atoms with van der Waals surface area (Å²) in [4.78, 5) is 13.3. The lowest BCUT2D eigenvalue weighted by atomic mass is 10.2. The van der Waals surface area contributed by atoms with Crippen LogP contribution in [0.15, 0.2) is 0 Å². The van der Waals surface area contributed by atoms with Crippen molar-refractivity contribution < 1.29 is 4.79 Å². The minimum Gasteiger partial charge on any atom is -0.368 e. The normalized spacial score (nSPS) is 19.6. The number of carbonyl (C=O) groups excluding carboxylic acids is 1. The molecule has 0 heterocycles. The standard InChI is InChI=1S/C9H18N2O/c1-3-8(9(10)12)11(4-2)7-5-6-7/h7-8H,3-6H2,1-2H3,(H2,10,12). The van der Waals surface area contributed by atoms with Crippen molar-refractivity contribution in [2.45, 2.75) is 45.2 Å². The fourth-order valence-corrected chi connectivity index (χ4v) is 1.74. The fourth-order valence-electron chi connectivity index (χ4n) is 1.74. The molecule has 12 heavy (non-hydrogen) atoms. The summed E-state index contributed by atoms with van der Waals surface area (Å²) in [5, 5.41) is 0. The summed E-state index contributed by atoms with van der Waals surface area (Å²) in [6.45, 7) is 5.04. The summed E-state index contributed by atoms with van der Waals surface area (Å²) >= 11 is 0. The van der Waals surface area contributed by atoms with E-state index in [4.69, 9.17) is 5.73 Å². The number of hydrogen-bond acceptors (Lipinski definition) is 2. The summed E-state index contributed by atoms with van der Waals surface area (Å²) < 4.78 is 0. The van der Waals surface area contributed by atoms with Gasteiger partial charge in [-0.1, -0.05) is 13.8 Å². The van der Waals surface area contributed by atoms with Crippen molar-refractivity contribution in [2.24, 2.45) is 5.73 Å². The Hall–Kier alpha value is -0.570. The molecule has 1 rings (SSSR count). The monoisotopic (exact) mass is 170 g/mol. The molecular weight excluding hydrogens is 152 g/mol. The molecule has 0 bridgehead atoms. The SMILES string of the molecule is CCC(C(N)=O)N(CC)C1CC1. The third kappa shape index (κ3) is 1.97. The zero-order chi connectivity index (χ0) is 9.14. The van der Waals surface area contributed by atoms with E-state index in [9.17, 15) is 4.79 Å². The summed E-state index contributed by atoms with van der Waals surface area (Å²) in [5.74, 6) is -0.175. The smallest absolute Gasteiger partial charge is 0.234 e. The van der Waals surface area contributed by atoms with Crippen LogP contribution in [0.25, 0.3) is 0 Å². The van der Waals surface area contributed by atoms with Crippen LogP contribution in [-0.2, 0) is 4.79 Å². The number of amides is 1. The Morgan fingerprint density at radius 2 is 2.17 bits per heavy atom. The van der Waals surface area contributed by atoms with E-state index in [1.165, 1.54) is 12.8 Å². The highest BCUT2D eigenvalue weighted by atomic mass is 16.1. The van der Waals surface area contributed by atoms with Gasteiger partial charge in [-0.25, -0.2) is 0 Å². The Labute approximate surface area is 73.9 Å². The Kier molecular flexibility index (Phi) is 3.09. The first-order chi connectivity index (χ1) is 5.70. The number of rotatable bonds is 5. The van der Waals surface area contributed by atoms with Gasteiger partial charge in [-0.3, -0.25) is 9.69 Å². The molecule has 70 valence electrons. The van der Waals surface area contributed by atoms with Gasteiger partial charge in [-0.05, 0) is 25.8 Å². The Balaban J connectivity index is 2.53. The molecular formula is C9H18N2O. The van der Waals surface area contributed by atoms with Gasteiger partial charge >= 0.3 is 0 Å². The molecule has 0 saturated heterocycles. The zero-order valence-corrected chi connectivity index (χ0v) is 7.92. The van der Waals surface area contributed by atoms with Crippen LogP contribution in [0.5, 0.6) is 0 Å². The third-order valence-corrected chi connectivity index (χ3v) is 2.50. The van der Waals surface area contributed by atoms with E-state index in [0.29, 0.717) is 6.04 Å². The molecule has 0 radical (unpaired) electrons. The molecule has 3 heteroatoms. The molecule has 1 saturated carbocycles. The Bertz CT molecular complexity index is 166. The van der Waals surface area contributed by atoms with Gasteiger partial charge in [0.1, 0.15) is 0 Å². The van der Waals surface area contributed by atoms with Crippen molar-refractivity contribution in [1.82, 2.24) is 4.90 Å². The number of nitrogens with zero attached hydrogens (tertiary/aromatic N) is 1. The van der Waals surface area contributed by atoms with E-state index in [2.05, 4.69) is 11.8 Å². The maximum absolute atomic E-state index is 11.0. The van der Waals surface area contributed by atoms with Gasteiger partial charge in [0.05, 0.1) is 6.04 Å². The average molecular weight is 170 g/mol. The van der Waals surface area contributed by atoms with Gasteiger partial charge < -0.3 is 5.73 Å². The molecule has 0 aromatic carbocycles. The molecule has 1 aliphatic carbocycles. The van der Waals surface area contributed by atoms with Gasteiger partial charge in [-0.2, -0.15) is 0 Å². The number of hydrogen-bond donors (Lipinski definition) is 1. The van der Waals surface area contributed by atoms with E-state index in [1.807, 2.05) is 6.92 Å². The van der Waals surface area contributed by atoms with E-state index >= 15 is 0 Å². The van der Waals surface area contributed by atoms with Crippen LogP contribution in [0.3, 0.4) is 0 Å². The first-order valence-corrected chi connectivity index (χ1v) is 4.75. The first kappa shape index (κ1) is 9.52. The van der Waals surface area contributed by atoms with Crippen LogP contribution >= 0.6 is 0 Å². The maximum Gasteiger partial charge on any atom is 0.234 e. The highest BCUT2D eigenvalue weighted by Gasteiger charge is 2.34. The molecule has 0 spiro atoms. The number of carbonyl (C=O) groups is 1. The molecule has 2 N–H and O–H groups in total. The second-order valence-corrected chi connectivity index (χ2v) is 3.39. The van der Waals surface area contributed by atoms with Crippen molar-refractivity contribution in [3.8, 4) is 0 Å². The molecule has 0 aliphatic heterocycles. The molecule has 3 nitrogen and oxygen atoms in total. The highest BCUT2D eigenvalue weighted by Crippen LogP contribution is 2.28. The molecule has 0 aromatic heterocycles. The largest absolute Gasteiger partial charge is 0.368 e. The van der Waals surface area contributed by atoms with Crippen molar-refractivity contribution in [3.05, 3.63) is 0 Å². The summed E-state index contributed by atoms with van der Waals surface area (Å²) in [5.41, 5.74) is 5.31. The second-order valence-electron chi connectivity index (χ2n) is 3.39. The zero-order valence-electron chi connectivity index (χ0n) is 7.92. The number of likely N-dealkylation sites (N-methyl/N-ethyl adjacent to an activating group) is 1. The minimum absolute atomic E-state index is 0.0394. The van der Waals surface area contributed by atoms with Crippen LogP contribution in [0.2, 0.25) is 0 Å². The fraction of sp³-hybridized carbons (Fsp3) is 0.889. The Morgan fingerprint density at radius 3 is 2.42 bits per heavy atom. The van der Waals surface area contributed by atoms with Crippen LogP contribution in [0.1, 0.15) is 33.1 Å². The predicted octanol–water partition coefficient (Wildman–Crippen LogP) is 0.735. The van der Waals surface area contributed by atoms with Crippen molar-refractivity contribution >= 4 is 5.91 Å². The van der Waals surface area contributed by atoms with Gasteiger partial charge in [-0.15, -0.1) is 0 Å². The first-order valence-electron chi connectivity index (χ1n) is 4.75. The van der Waals surface area contributed by atoms with Crippen molar-refractivity contribution in [3.63, 3.8) is 0 Å². The van der Waals surface area contributed by atoms with Crippen LogP contribution in [-0.4, -0.2) is 29.4 Å². The van der Waals surface area contributed by atoms with E-state index in [-0.39, 0.29) is 11.9 Å². The van der Waals surface area contributed by atoms with Crippen LogP contribution < -0.4 is 5.73 Å². The van der Waals surface area contributed by atoms with Crippen LogP contribution in [0.4, 0.5) is 0 Å². The van der Waals surface area contributed by atoms with Gasteiger partial charge in [0.25, 0.3) is 0 Å². The topological polar surface area (TPSA) is 46.3 Å².